The van der Waals surface area contributed by atoms with Gasteiger partial charge in [0.25, 0.3) is 0 Å². The van der Waals surface area contributed by atoms with Gasteiger partial charge in [-0.05, 0) is 25.1 Å². The molecule has 0 aliphatic heterocycles. The number of carbonyl (C=O) groups excluding carboxylic acids is 1. The molecule has 0 aliphatic carbocycles. The predicted octanol–water partition coefficient (Wildman–Crippen LogP) is 3.19. The Morgan fingerprint density at radius 1 is 1.50 bits per heavy atom. The lowest BCUT2D eigenvalue weighted by Gasteiger charge is -1.99. The molecule has 1 aromatic carbocycles. The van der Waals surface area contributed by atoms with E-state index in [0.29, 0.717) is 17.2 Å². The van der Waals surface area contributed by atoms with Gasteiger partial charge >= 0.3 is 5.97 Å². The van der Waals surface area contributed by atoms with Gasteiger partial charge in [-0.15, -0.1) is 0 Å². The number of furan rings is 1. The third-order valence-corrected chi connectivity index (χ3v) is 2.49. The summed E-state index contributed by atoms with van der Waals surface area (Å²) >= 11 is 5.83. The van der Waals surface area contributed by atoms with Crippen LogP contribution < -0.4 is 0 Å². The molecule has 0 atom stereocenters. The van der Waals surface area contributed by atoms with Crippen LogP contribution >= 0.6 is 11.6 Å². The lowest BCUT2D eigenvalue weighted by atomic mass is 10.1. The Bertz CT molecular complexity index is 516. The number of esters is 1. The normalized spacial score (nSPS) is 10.6. The second-order valence-electron chi connectivity index (χ2n) is 3.38. The Balaban J connectivity index is 2.28. The van der Waals surface area contributed by atoms with E-state index in [4.69, 9.17) is 20.8 Å². The van der Waals surface area contributed by atoms with Crippen LogP contribution in [0.2, 0.25) is 5.02 Å². The van der Waals surface area contributed by atoms with Crippen LogP contribution in [0.25, 0.3) is 11.0 Å². The molecule has 1 heterocycles. The molecule has 84 valence electrons. The zero-order valence-corrected chi connectivity index (χ0v) is 9.58. The first-order valence-electron chi connectivity index (χ1n) is 5.02. The molecule has 0 saturated carbocycles. The van der Waals surface area contributed by atoms with E-state index in [-0.39, 0.29) is 12.4 Å². The molecule has 0 N–H and O–H groups in total. The maximum atomic E-state index is 11.3. The fourth-order valence-corrected chi connectivity index (χ4v) is 1.72. The van der Waals surface area contributed by atoms with E-state index in [1.54, 1.807) is 25.3 Å². The summed E-state index contributed by atoms with van der Waals surface area (Å²) in [6.07, 6.45) is 1.79. The Kier molecular flexibility index (Phi) is 3.15. The quantitative estimate of drug-likeness (QED) is 0.771. The molecule has 0 unspecified atom stereocenters. The Morgan fingerprint density at radius 3 is 3.06 bits per heavy atom. The highest BCUT2D eigenvalue weighted by Gasteiger charge is 2.10. The van der Waals surface area contributed by atoms with Crippen molar-refractivity contribution in [2.24, 2.45) is 0 Å². The third kappa shape index (κ3) is 2.19. The van der Waals surface area contributed by atoms with E-state index >= 15 is 0 Å². The predicted molar refractivity (Wildman–Crippen MR) is 61.6 cm³/mol. The zero-order chi connectivity index (χ0) is 11.5. The standard InChI is InChI=1S/C12H11ClO3/c1-2-15-12(14)5-8-7-16-11-6-9(13)3-4-10(8)11/h3-4,6-7H,2,5H2,1H3. The molecule has 0 saturated heterocycles. The number of fused-ring (bicyclic) bond motifs is 1. The van der Waals surface area contributed by atoms with Crippen LogP contribution in [0.15, 0.2) is 28.9 Å². The van der Waals surface area contributed by atoms with E-state index in [2.05, 4.69) is 0 Å². The largest absolute Gasteiger partial charge is 0.466 e. The van der Waals surface area contributed by atoms with Gasteiger partial charge in [0.2, 0.25) is 0 Å². The third-order valence-electron chi connectivity index (χ3n) is 2.26. The van der Waals surface area contributed by atoms with Gasteiger partial charge in [-0.2, -0.15) is 0 Å². The lowest BCUT2D eigenvalue weighted by molar-refractivity contribution is -0.142. The van der Waals surface area contributed by atoms with Crippen molar-refractivity contribution >= 4 is 28.5 Å². The minimum atomic E-state index is -0.250. The fraction of sp³-hybridized carbons (Fsp3) is 0.250. The lowest BCUT2D eigenvalue weighted by Crippen LogP contribution is -2.06. The van der Waals surface area contributed by atoms with E-state index < -0.39 is 0 Å². The molecule has 0 aliphatic rings. The second-order valence-corrected chi connectivity index (χ2v) is 3.82. The van der Waals surface area contributed by atoms with Crippen molar-refractivity contribution < 1.29 is 13.9 Å². The van der Waals surface area contributed by atoms with Gasteiger partial charge in [0, 0.05) is 16.0 Å². The van der Waals surface area contributed by atoms with E-state index in [9.17, 15) is 4.79 Å². The Hall–Kier alpha value is -1.48. The first kappa shape index (κ1) is 11.0. The molecule has 0 radical (unpaired) electrons. The van der Waals surface area contributed by atoms with Crippen molar-refractivity contribution in [3.8, 4) is 0 Å². The summed E-state index contributed by atoms with van der Waals surface area (Å²) in [5.41, 5.74) is 1.51. The van der Waals surface area contributed by atoms with Crippen LogP contribution in [0.3, 0.4) is 0 Å². The molecule has 2 aromatic rings. The van der Waals surface area contributed by atoms with Gasteiger partial charge in [-0.1, -0.05) is 11.6 Å². The van der Waals surface area contributed by atoms with Crippen LogP contribution in [0.1, 0.15) is 12.5 Å². The van der Waals surface area contributed by atoms with Crippen molar-refractivity contribution in [2.75, 3.05) is 6.61 Å². The average Bonchev–Trinajstić information content (AvgIpc) is 2.61. The number of hydrogen-bond donors (Lipinski definition) is 0. The first-order valence-corrected chi connectivity index (χ1v) is 5.39. The van der Waals surface area contributed by atoms with Gasteiger partial charge in [0.05, 0.1) is 19.3 Å². The maximum absolute atomic E-state index is 11.3. The number of benzene rings is 1. The summed E-state index contributed by atoms with van der Waals surface area (Å²) in [5, 5.41) is 1.52. The van der Waals surface area contributed by atoms with Crippen molar-refractivity contribution in [3.05, 3.63) is 35.0 Å². The van der Waals surface area contributed by atoms with E-state index in [0.717, 1.165) is 10.9 Å². The summed E-state index contributed by atoms with van der Waals surface area (Å²) in [6, 6.07) is 5.34. The van der Waals surface area contributed by atoms with Crippen LogP contribution in [0.5, 0.6) is 0 Å². The number of carbonyl (C=O) groups is 1. The summed E-state index contributed by atoms with van der Waals surface area (Å²) in [7, 11) is 0. The molecule has 3 nitrogen and oxygen atoms in total. The van der Waals surface area contributed by atoms with Crippen molar-refractivity contribution in [3.63, 3.8) is 0 Å². The first-order chi connectivity index (χ1) is 7.70. The Labute approximate surface area is 97.9 Å². The van der Waals surface area contributed by atoms with Crippen molar-refractivity contribution in [1.82, 2.24) is 0 Å². The van der Waals surface area contributed by atoms with Gasteiger partial charge in [0.1, 0.15) is 5.58 Å². The fourth-order valence-electron chi connectivity index (χ4n) is 1.56. The molecular weight excluding hydrogens is 228 g/mol. The van der Waals surface area contributed by atoms with Gasteiger partial charge in [-0.25, -0.2) is 0 Å². The molecule has 0 bridgehead atoms. The number of rotatable bonds is 3. The molecule has 0 fully saturated rings. The highest BCUT2D eigenvalue weighted by Crippen LogP contribution is 2.24. The smallest absolute Gasteiger partial charge is 0.310 e. The van der Waals surface area contributed by atoms with Gasteiger partial charge < -0.3 is 9.15 Å². The number of halogens is 1. The minimum absolute atomic E-state index is 0.225. The highest BCUT2D eigenvalue weighted by molar-refractivity contribution is 6.31. The molecule has 0 spiro atoms. The maximum Gasteiger partial charge on any atom is 0.310 e. The zero-order valence-electron chi connectivity index (χ0n) is 8.83. The van der Waals surface area contributed by atoms with Crippen LogP contribution in [-0.2, 0) is 16.0 Å². The highest BCUT2D eigenvalue weighted by atomic mass is 35.5. The van der Waals surface area contributed by atoms with Crippen molar-refractivity contribution in [2.45, 2.75) is 13.3 Å². The summed E-state index contributed by atoms with van der Waals surface area (Å²) in [6.45, 7) is 2.17. The van der Waals surface area contributed by atoms with Gasteiger partial charge in [0.15, 0.2) is 0 Å². The van der Waals surface area contributed by atoms with Crippen LogP contribution in [0, 0.1) is 0 Å². The topological polar surface area (TPSA) is 39.4 Å². The summed E-state index contributed by atoms with van der Waals surface area (Å²) in [4.78, 5) is 11.3. The second kappa shape index (κ2) is 4.58. The molecular formula is C12H11ClO3. The molecule has 4 heteroatoms. The Morgan fingerprint density at radius 2 is 2.31 bits per heavy atom. The van der Waals surface area contributed by atoms with Crippen LogP contribution in [0.4, 0.5) is 0 Å². The van der Waals surface area contributed by atoms with Crippen LogP contribution in [-0.4, -0.2) is 12.6 Å². The molecule has 1 aromatic heterocycles. The molecule has 2 rings (SSSR count). The number of hydrogen-bond acceptors (Lipinski definition) is 3. The van der Waals surface area contributed by atoms with Gasteiger partial charge in [-0.3, -0.25) is 4.79 Å². The molecule has 0 amide bonds. The SMILES string of the molecule is CCOC(=O)Cc1coc2cc(Cl)ccc12. The summed E-state index contributed by atoms with van der Waals surface area (Å²) < 4.78 is 10.2. The average molecular weight is 239 g/mol. The minimum Gasteiger partial charge on any atom is -0.466 e. The van der Waals surface area contributed by atoms with E-state index in [1.165, 1.54) is 0 Å². The monoisotopic (exact) mass is 238 g/mol. The molecule has 16 heavy (non-hydrogen) atoms. The summed E-state index contributed by atoms with van der Waals surface area (Å²) in [5.74, 6) is -0.250. The number of ether oxygens (including phenoxy) is 1. The van der Waals surface area contributed by atoms with Crippen molar-refractivity contribution in [1.29, 1.82) is 0 Å². The van der Waals surface area contributed by atoms with E-state index in [1.807, 2.05) is 6.07 Å².